The average molecular weight is 264 g/mol. The van der Waals surface area contributed by atoms with Gasteiger partial charge in [0.2, 0.25) is 0 Å². The third kappa shape index (κ3) is 3.12. The molecule has 0 atom stereocenters. The zero-order chi connectivity index (χ0) is 14.4. The molecule has 106 valence electrons. The smallest absolute Gasteiger partial charge is 0.0893 e. The topological polar surface area (TPSA) is 68.7 Å². The summed E-state index contributed by atoms with van der Waals surface area (Å²) in [4.78, 5) is 4.45. The highest BCUT2D eigenvalue weighted by atomic mass is 16.3. The summed E-state index contributed by atoms with van der Waals surface area (Å²) in [5.41, 5.74) is 12.1. The number of hydrazine groups is 1. The summed E-state index contributed by atoms with van der Waals surface area (Å²) in [5, 5.41) is 12.8. The fourth-order valence-electron chi connectivity index (χ4n) is 2.32. The maximum Gasteiger partial charge on any atom is 0.0893 e. The van der Waals surface area contributed by atoms with E-state index in [1.165, 1.54) is 0 Å². The third-order valence-electron chi connectivity index (χ3n) is 3.36. The number of aliphatic imine (C=N–C) groups is 1. The van der Waals surface area contributed by atoms with Crippen molar-refractivity contribution in [2.45, 2.75) is 33.9 Å². The van der Waals surface area contributed by atoms with Crippen LogP contribution in [0.2, 0.25) is 0 Å². The van der Waals surface area contributed by atoms with Gasteiger partial charge in [0.25, 0.3) is 0 Å². The van der Waals surface area contributed by atoms with Crippen molar-refractivity contribution in [2.75, 3.05) is 19.4 Å². The van der Waals surface area contributed by atoms with E-state index in [9.17, 15) is 5.11 Å². The quantitative estimate of drug-likeness (QED) is 0.467. The Hall–Kier alpha value is -1.43. The first-order valence-corrected chi connectivity index (χ1v) is 6.44. The lowest BCUT2D eigenvalue weighted by molar-refractivity contribution is 0.281. The predicted octanol–water partition coefficient (Wildman–Crippen LogP) is 1.78. The van der Waals surface area contributed by atoms with Crippen LogP contribution >= 0.6 is 0 Å². The Morgan fingerprint density at radius 2 is 1.84 bits per heavy atom. The molecule has 5 nitrogen and oxygen atoms in total. The van der Waals surface area contributed by atoms with Crippen LogP contribution in [0.25, 0.3) is 0 Å². The predicted molar refractivity (Wildman–Crippen MR) is 81.1 cm³/mol. The molecule has 5 heteroatoms. The van der Waals surface area contributed by atoms with Crippen molar-refractivity contribution in [2.24, 2.45) is 4.99 Å². The van der Waals surface area contributed by atoms with Gasteiger partial charge in [-0.1, -0.05) is 0 Å². The van der Waals surface area contributed by atoms with Gasteiger partial charge in [-0.25, -0.2) is 0 Å². The van der Waals surface area contributed by atoms with Gasteiger partial charge in [0, 0.05) is 25.4 Å². The summed E-state index contributed by atoms with van der Waals surface area (Å²) in [6.07, 6.45) is 1.77. The normalized spacial score (nSPS) is 11.3. The maximum absolute atomic E-state index is 9.64. The number of benzene rings is 1. The number of hydrogen-bond donors (Lipinski definition) is 4. The molecular formula is C14H24N4O. The van der Waals surface area contributed by atoms with Crippen LogP contribution < -0.4 is 16.2 Å². The molecule has 0 heterocycles. The van der Waals surface area contributed by atoms with Crippen LogP contribution in [0, 0.1) is 13.8 Å². The Morgan fingerprint density at radius 3 is 2.32 bits per heavy atom. The minimum atomic E-state index is 0.00107. The average Bonchev–Trinajstić information content (AvgIpc) is 2.41. The minimum Gasteiger partial charge on any atom is -0.392 e. The van der Waals surface area contributed by atoms with Crippen molar-refractivity contribution in [3.05, 3.63) is 22.3 Å². The molecular weight excluding hydrogens is 240 g/mol. The van der Waals surface area contributed by atoms with E-state index < -0.39 is 0 Å². The highest BCUT2D eigenvalue weighted by Gasteiger charge is 2.17. The van der Waals surface area contributed by atoms with E-state index in [-0.39, 0.29) is 6.61 Å². The van der Waals surface area contributed by atoms with Gasteiger partial charge in [-0.2, -0.15) is 0 Å². The number of hydrogen-bond acceptors (Lipinski definition) is 5. The summed E-state index contributed by atoms with van der Waals surface area (Å²) in [6, 6.07) is 0. The lowest BCUT2D eigenvalue weighted by Gasteiger charge is -2.21. The molecule has 0 amide bonds. The molecule has 4 N–H and O–H groups in total. The van der Waals surface area contributed by atoms with Crippen molar-refractivity contribution >= 4 is 17.6 Å². The molecule has 0 aliphatic rings. The molecule has 0 aromatic heterocycles. The van der Waals surface area contributed by atoms with Gasteiger partial charge in [-0.3, -0.25) is 15.8 Å². The van der Waals surface area contributed by atoms with E-state index in [0.717, 1.165) is 33.6 Å². The summed E-state index contributed by atoms with van der Waals surface area (Å²) >= 11 is 0. The number of aliphatic hydroxyl groups is 1. The SMILES string of the molecule is CC=Nc1c(C)c(CNNC)c(C)c(CO)c1NC. The third-order valence-corrected chi connectivity index (χ3v) is 3.36. The Bertz CT molecular complexity index is 469. The Kier molecular flexibility index (Phi) is 5.95. The van der Waals surface area contributed by atoms with E-state index in [2.05, 4.69) is 28.1 Å². The van der Waals surface area contributed by atoms with Gasteiger partial charge >= 0.3 is 0 Å². The molecule has 0 radical (unpaired) electrons. The minimum absolute atomic E-state index is 0.00107. The second-order valence-corrected chi connectivity index (χ2v) is 4.33. The number of rotatable bonds is 6. The molecule has 1 rings (SSSR count). The molecule has 0 aliphatic heterocycles. The molecule has 0 saturated carbocycles. The van der Waals surface area contributed by atoms with E-state index in [1.54, 1.807) is 6.21 Å². The summed E-state index contributed by atoms with van der Waals surface area (Å²) in [5.74, 6) is 0. The first-order valence-electron chi connectivity index (χ1n) is 6.44. The van der Waals surface area contributed by atoms with Crippen LogP contribution in [0.15, 0.2) is 4.99 Å². The summed E-state index contributed by atoms with van der Waals surface area (Å²) < 4.78 is 0. The van der Waals surface area contributed by atoms with E-state index in [4.69, 9.17) is 0 Å². The molecule has 0 saturated heterocycles. The van der Waals surface area contributed by atoms with Crippen molar-refractivity contribution < 1.29 is 5.11 Å². The second-order valence-electron chi connectivity index (χ2n) is 4.33. The van der Waals surface area contributed by atoms with Gasteiger partial charge in [-0.15, -0.1) is 0 Å². The van der Waals surface area contributed by atoms with Crippen molar-refractivity contribution in [1.29, 1.82) is 0 Å². The number of nitrogens with zero attached hydrogens (tertiary/aromatic N) is 1. The van der Waals surface area contributed by atoms with Crippen LogP contribution in [0.1, 0.15) is 29.2 Å². The van der Waals surface area contributed by atoms with Gasteiger partial charge in [0.15, 0.2) is 0 Å². The lowest BCUT2D eigenvalue weighted by Crippen LogP contribution is -2.27. The van der Waals surface area contributed by atoms with Gasteiger partial charge in [0.1, 0.15) is 0 Å². The molecule has 19 heavy (non-hydrogen) atoms. The Balaban J connectivity index is 3.52. The van der Waals surface area contributed by atoms with Gasteiger partial charge in [-0.05, 0) is 44.5 Å². The van der Waals surface area contributed by atoms with Crippen LogP contribution in [0.4, 0.5) is 11.4 Å². The molecule has 0 spiro atoms. The van der Waals surface area contributed by atoms with Crippen LogP contribution in [0.5, 0.6) is 0 Å². The first-order chi connectivity index (χ1) is 9.12. The highest BCUT2D eigenvalue weighted by Crippen LogP contribution is 2.37. The largest absolute Gasteiger partial charge is 0.392 e. The lowest BCUT2D eigenvalue weighted by atomic mass is 9.94. The Labute approximate surface area is 115 Å². The maximum atomic E-state index is 9.64. The standard InChI is InChI=1S/C14H24N4O/c1-6-17-13-10(3)11(7-18-16-5)9(2)12(8-19)14(13)15-4/h6,15-16,18-19H,7-8H2,1-5H3. The summed E-state index contributed by atoms with van der Waals surface area (Å²) in [6.45, 7) is 6.68. The first kappa shape index (κ1) is 15.6. The van der Waals surface area contributed by atoms with Crippen LogP contribution in [-0.4, -0.2) is 25.4 Å². The monoisotopic (exact) mass is 264 g/mol. The van der Waals surface area contributed by atoms with E-state index in [1.807, 2.05) is 27.9 Å². The fraction of sp³-hybridized carbons (Fsp3) is 0.500. The van der Waals surface area contributed by atoms with Crippen molar-refractivity contribution in [3.63, 3.8) is 0 Å². The molecule has 0 unspecified atom stereocenters. The van der Waals surface area contributed by atoms with Crippen LogP contribution in [0.3, 0.4) is 0 Å². The number of aliphatic hydroxyl groups excluding tert-OH is 1. The zero-order valence-electron chi connectivity index (χ0n) is 12.4. The molecule has 0 bridgehead atoms. The summed E-state index contributed by atoms with van der Waals surface area (Å²) in [7, 11) is 3.69. The van der Waals surface area contributed by atoms with Gasteiger partial charge < -0.3 is 10.4 Å². The highest BCUT2D eigenvalue weighted by molar-refractivity contribution is 5.79. The van der Waals surface area contributed by atoms with Crippen molar-refractivity contribution in [3.8, 4) is 0 Å². The van der Waals surface area contributed by atoms with E-state index >= 15 is 0 Å². The molecule has 1 aromatic rings. The zero-order valence-corrected chi connectivity index (χ0v) is 12.4. The van der Waals surface area contributed by atoms with E-state index in [0.29, 0.717) is 6.54 Å². The molecule has 0 fully saturated rings. The Morgan fingerprint density at radius 1 is 1.16 bits per heavy atom. The van der Waals surface area contributed by atoms with Gasteiger partial charge in [0.05, 0.1) is 18.0 Å². The number of nitrogens with one attached hydrogen (secondary N) is 3. The number of anilines is 1. The molecule has 0 aliphatic carbocycles. The van der Waals surface area contributed by atoms with Crippen molar-refractivity contribution in [1.82, 2.24) is 10.9 Å². The van der Waals surface area contributed by atoms with Crippen LogP contribution in [-0.2, 0) is 13.2 Å². The second kappa shape index (κ2) is 7.23. The fourth-order valence-corrected chi connectivity index (χ4v) is 2.32. The molecule has 1 aromatic carbocycles.